The van der Waals surface area contributed by atoms with Crippen molar-refractivity contribution in [3.05, 3.63) is 56.7 Å². The lowest BCUT2D eigenvalue weighted by Gasteiger charge is -2.20. The molecule has 0 saturated carbocycles. The first-order valence-corrected chi connectivity index (χ1v) is 8.12. The molecule has 0 unspecified atom stereocenters. The molecule has 0 aliphatic rings. The van der Waals surface area contributed by atoms with Crippen LogP contribution in [0.3, 0.4) is 0 Å². The maximum Gasteiger partial charge on any atom is 0.251 e. The van der Waals surface area contributed by atoms with E-state index in [1.54, 1.807) is 11.3 Å². The van der Waals surface area contributed by atoms with Gasteiger partial charge in [0.05, 0.1) is 25.5 Å². The van der Waals surface area contributed by atoms with Crippen LogP contribution in [0.5, 0.6) is 0 Å². The standard InChI is InChI=1S/C15H17BrN2OS/c1-18(2)13(14-7-4-8-20-14)10-17-15(19)11-5-3-6-12(16)9-11/h3-9,13H,10H2,1-2H3,(H,17,19)/p+1/t13-/m0/s1. The van der Waals surface area contributed by atoms with Crippen LogP contribution in [-0.4, -0.2) is 26.5 Å². The minimum absolute atomic E-state index is 0.0332. The van der Waals surface area contributed by atoms with Crippen LogP contribution in [0.4, 0.5) is 0 Å². The average Bonchev–Trinajstić information content (AvgIpc) is 2.92. The summed E-state index contributed by atoms with van der Waals surface area (Å²) in [5, 5.41) is 5.09. The van der Waals surface area contributed by atoms with E-state index in [0.717, 1.165) is 4.47 Å². The number of amides is 1. The summed E-state index contributed by atoms with van der Waals surface area (Å²) in [6.45, 7) is 0.633. The van der Waals surface area contributed by atoms with E-state index in [0.29, 0.717) is 12.1 Å². The minimum atomic E-state index is -0.0332. The normalized spacial score (nSPS) is 12.4. The minimum Gasteiger partial charge on any atom is -0.346 e. The van der Waals surface area contributed by atoms with E-state index in [4.69, 9.17) is 0 Å². The third kappa shape index (κ3) is 3.91. The fourth-order valence-corrected chi connectivity index (χ4v) is 3.36. The fourth-order valence-electron chi connectivity index (χ4n) is 2.01. The molecule has 1 atom stereocenters. The van der Waals surface area contributed by atoms with Gasteiger partial charge < -0.3 is 10.2 Å². The number of likely N-dealkylation sites (N-methyl/N-ethyl adjacent to an activating group) is 1. The molecule has 2 rings (SSSR count). The third-order valence-corrected chi connectivity index (χ3v) is 4.62. The Morgan fingerprint density at radius 3 is 2.75 bits per heavy atom. The number of nitrogens with one attached hydrogen (secondary N) is 2. The van der Waals surface area contributed by atoms with Gasteiger partial charge in [-0.05, 0) is 29.6 Å². The number of halogens is 1. The maximum atomic E-state index is 12.2. The Kier molecular flexibility index (Phi) is 5.34. The van der Waals surface area contributed by atoms with Crippen molar-refractivity contribution < 1.29 is 9.69 Å². The number of carbonyl (C=O) groups is 1. The van der Waals surface area contributed by atoms with Gasteiger partial charge in [-0.2, -0.15) is 0 Å². The van der Waals surface area contributed by atoms with Crippen molar-refractivity contribution in [2.24, 2.45) is 0 Å². The zero-order chi connectivity index (χ0) is 14.5. The summed E-state index contributed by atoms with van der Waals surface area (Å²) in [4.78, 5) is 14.8. The second-order valence-corrected chi connectivity index (χ2v) is 6.76. The van der Waals surface area contributed by atoms with Crippen molar-refractivity contribution in [1.29, 1.82) is 0 Å². The smallest absolute Gasteiger partial charge is 0.251 e. The van der Waals surface area contributed by atoms with Gasteiger partial charge in [0, 0.05) is 10.0 Å². The molecule has 1 aromatic heterocycles. The molecule has 2 aromatic rings. The lowest BCUT2D eigenvalue weighted by molar-refractivity contribution is -0.890. The largest absolute Gasteiger partial charge is 0.346 e. The number of hydrogen-bond acceptors (Lipinski definition) is 2. The first-order valence-electron chi connectivity index (χ1n) is 6.45. The van der Waals surface area contributed by atoms with Gasteiger partial charge in [-0.3, -0.25) is 4.79 Å². The average molecular weight is 354 g/mol. The Hall–Kier alpha value is -1.17. The number of quaternary nitrogens is 1. The van der Waals surface area contributed by atoms with Crippen LogP contribution >= 0.6 is 27.3 Å². The summed E-state index contributed by atoms with van der Waals surface area (Å²) in [7, 11) is 4.21. The highest BCUT2D eigenvalue weighted by Crippen LogP contribution is 2.16. The molecule has 0 spiro atoms. The van der Waals surface area contributed by atoms with E-state index in [9.17, 15) is 4.79 Å². The summed E-state index contributed by atoms with van der Waals surface area (Å²) in [5.74, 6) is -0.0332. The maximum absolute atomic E-state index is 12.2. The molecule has 0 aliphatic heterocycles. The second-order valence-electron chi connectivity index (χ2n) is 4.87. The molecule has 0 radical (unpaired) electrons. The van der Waals surface area contributed by atoms with Gasteiger partial charge >= 0.3 is 0 Å². The van der Waals surface area contributed by atoms with Crippen molar-refractivity contribution in [2.75, 3.05) is 20.6 Å². The Morgan fingerprint density at radius 1 is 1.35 bits per heavy atom. The van der Waals surface area contributed by atoms with Crippen LogP contribution in [0.15, 0.2) is 46.3 Å². The van der Waals surface area contributed by atoms with Gasteiger partial charge in [0.2, 0.25) is 0 Å². The van der Waals surface area contributed by atoms with E-state index in [-0.39, 0.29) is 11.9 Å². The van der Waals surface area contributed by atoms with Crippen LogP contribution < -0.4 is 10.2 Å². The zero-order valence-electron chi connectivity index (χ0n) is 11.5. The SMILES string of the molecule is C[NH+](C)[C@@H](CNC(=O)c1cccc(Br)c1)c1cccs1. The van der Waals surface area contributed by atoms with E-state index in [1.807, 2.05) is 30.3 Å². The van der Waals surface area contributed by atoms with Crippen molar-refractivity contribution in [3.8, 4) is 0 Å². The van der Waals surface area contributed by atoms with Crippen LogP contribution in [0.25, 0.3) is 0 Å². The van der Waals surface area contributed by atoms with Crippen LogP contribution in [-0.2, 0) is 0 Å². The highest BCUT2D eigenvalue weighted by atomic mass is 79.9. The van der Waals surface area contributed by atoms with E-state index in [1.165, 1.54) is 9.78 Å². The summed E-state index contributed by atoms with van der Waals surface area (Å²) < 4.78 is 0.915. The molecule has 1 amide bonds. The summed E-state index contributed by atoms with van der Waals surface area (Å²) in [6, 6.07) is 11.9. The molecule has 20 heavy (non-hydrogen) atoms. The molecular formula is C15H18BrN2OS+. The van der Waals surface area contributed by atoms with Gasteiger partial charge in [-0.15, -0.1) is 11.3 Å². The molecule has 3 nitrogen and oxygen atoms in total. The topological polar surface area (TPSA) is 33.5 Å². The number of rotatable bonds is 5. The van der Waals surface area contributed by atoms with E-state index in [2.05, 4.69) is 46.8 Å². The van der Waals surface area contributed by atoms with Gasteiger partial charge in [-0.1, -0.05) is 28.1 Å². The highest BCUT2D eigenvalue weighted by Gasteiger charge is 2.19. The Labute approximate surface area is 131 Å². The Bertz CT molecular complexity index is 569. The van der Waals surface area contributed by atoms with Gasteiger partial charge in [0.15, 0.2) is 0 Å². The van der Waals surface area contributed by atoms with Crippen LogP contribution in [0, 0.1) is 0 Å². The molecular weight excluding hydrogens is 336 g/mol. The molecule has 2 N–H and O–H groups in total. The Morgan fingerprint density at radius 2 is 2.15 bits per heavy atom. The first kappa shape index (κ1) is 15.2. The van der Waals surface area contributed by atoms with E-state index >= 15 is 0 Å². The molecule has 5 heteroatoms. The summed E-state index contributed by atoms with van der Waals surface area (Å²) >= 11 is 5.11. The molecule has 1 aromatic carbocycles. The number of carbonyl (C=O) groups excluding carboxylic acids is 1. The summed E-state index contributed by atoms with van der Waals surface area (Å²) in [6.07, 6.45) is 0. The monoisotopic (exact) mass is 353 g/mol. The summed E-state index contributed by atoms with van der Waals surface area (Å²) in [5.41, 5.74) is 0.679. The molecule has 0 fully saturated rings. The lowest BCUT2D eigenvalue weighted by Crippen LogP contribution is -3.06. The van der Waals surface area contributed by atoms with Gasteiger partial charge in [0.1, 0.15) is 6.04 Å². The van der Waals surface area contributed by atoms with Crippen LogP contribution in [0.2, 0.25) is 0 Å². The molecule has 0 bridgehead atoms. The quantitative estimate of drug-likeness (QED) is 0.848. The zero-order valence-corrected chi connectivity index (χ0v) is 13.9. The van der Waals surface area contributed by atoms with Crippen molar-refractivity contribution >= 4 is 33.2 Å². The highest BCUT2D eigenvalue weighted by molar-refractivity contribution is 9.10. The molecule has 0 saturated heterocycles. The molecule has 0 aliphatic carbocycles. The number of hydrogen-bond donors (Lipinski definition) is 2. The predicted molar refractivity (Wildman–Crippen MR) is 86.3 cm³/mol. The molecule has 1 heterocycles. The number of benzene rings is 1. The van der Waals surface area contributed by atoms with Crippen molar-refractivity contribution in [2.45, 2.75) is 6.04 Å². The molecule has 106 valence electrons. The van der Waals surface area contributed by atoms with Crippen molar-refractivity contribution in [3.63, 3.8) is 0 Å². The van der Waals surface area contributed by atoms with E-state index < -0.39 is 0 Å². The third-order valence-electron chi connectivity index (χ3n) is 3.14. The van der Waals surface area contributed by atoms with Gasteiger partial charge in [-0.25, -0.2) is 0 Å². The fraction of sp³-hybridized carbons (Fsp3) is 0.267. The predicted octanol–water partition coefficient (Wildman–Crippen LogP) is 2.13. The Balaban J connectivity index is 2.01. The van der Waals surface area contributed by atoms with Crippen LogP contribution in [0.1, 0.15) is 21.3 Å². The van der Waals surface area contributed by atoms with Crippen molar-refractivity contribution in [1.82, 2.24) is 5.32 Å². The first-order chi connectivity index (χ1) is 9.58. The van der Waals surface area contributed by atoms with Gasteiger partial charge in [0.25, 0.3) is 5.91 Å². The lowest BCUT2D eigenvalue weighted by atomic mass is 10.2. The number of thiophene rings is 1. The second kappa shape index (κ2) is 7.02.